The molecule has 2 rings (SSSR count). The lowest BCUT2D eigenvalue weighted by atomic mass is 10.2. The molecule has 1 heterocycles. The Morgan fingerprint density at radius 1 is 1.19 bits per heavy atom. The zero-order chi connectivity index (χ0) is 23.8. The Hall–Kier alpha value is -2.71. The number of sulfone groups is 1. The summed E-state index contributed by atoms with van der Waals surface area (Å²) in [4.78, 5) is 22.2. The minimum absolute atomic E-state index is 0.111. The van der Waals surface area contributed by atoms with Gasteiger partial charge in [0.25, 0.3) is 0 Å². The molecule has 0 aromatic heterocycles. The number of carbonyl (C=O) groups is 2. The van der Waals surface area contributed by atoms with Gasteiger partial charge in [-0.3, -0.25) is 4.90 Å². The van der Waals surface area contributed by atoms with Crippen molar-refractivity contribution in [1.29, 1.82) is 0 Å². The number of amides is 1. The largest absolute Gasteiger partial charge is 0.484 e. The average molecular weight is 479 g/mol. The lowest BCUT2D eigenvalue weighted by Gasteiger charge is -2.19. The molecule has 2 unspecified atom stereocenters. The molecule has 31 heavy (non-hydrogen) atoms. The molecule has 0 radical (unpaired) electrons. The summed E-state index contributed by atoms with van der Waals surface area (Å²) >= 11 is 0. The molecule has 174 valence electrons. The van der Waals surface area contributed by atoms with Crippen molar-refractivity contribution in [2.45, 2.75) is 35.0 Å². The highest BCUT2D eigenvalue weighted by atomic mass is 32.2. The average Bonchev–Trinajstić information content (AvgIpc) is 3.11. The molecule has 1 amide bonds. The standard InChI is InChI=1S/C16H15F6NO7S/c1-29-13(24)11-5-9(6-23(11)14(25)26)31(27,28)12-3-2-8(30-7-15(17,18)19)4-10(12)16(20,21)22/h2-4,9,11H,5-7H2,1H3,(H,25,26). The number of nitrogens with zero attached hydrogens (tertiary/aromatic N) is 1. The van der Waals surface area contributed by atoms with Crippen LogP contribution < -0.4 is 4.74 Å². The molecular weight excluding hydrogens is 464 g/mol. The van der Waals surface area contributed by atoms with Gasteiger partial charge in [-0.25, -0.2) is 18.0 Å². The lowest BCUT2D eigenvalue weighted by molar-refractivity contribution is -0.153. The summed E-state index contributed by atoms with van der Waals surface area (Å²) in [7, 11) is -3.94. The number of hydrogen-bond acceptors (Lipinski definition) is 6. The highest BCUT2D eigenvalue weighted by Crippen LogP contribution is 2.39. The quantitative estimate of drug-likeness (QED) is 0.511. The van der Waals surface area contributed by atoms with Crippen molar-refractivity contribution < 1.29 is 58.9 Å². The second-order valence-corrected chi connectivity index (χ2v) is 8.63. The number of carboxylic acid groups (broad SMARTS) is 1. The number of rotatable bonds is 5. The molecule has 0 aliphatic carbocycles. The summed E-state index contributed by atoms with van der Waals surface area (Å²) in [5.74, 6) is -1.96. The summed E-state index contributed by atoms with van der Waals surface area (Å²) in [5, 5.41) is 7.44. The highest BCUT2D eigenvalue weighted by Gasteiger charge is 2.48. The maximum absolute atomic E-state index is 13.5. The van der Waals surface area contributed by atoms with E-state index in [1.807, 2.05) is 0 Å². The first kappa shape index (κ1) is 24.6. The van der Waals surface area contributed by atoms with Gasteiger partial charge in [0.1, 0.15) is 11.8 Å². The first-order chi connectivity index (χ1) is 14.1. The van der Waals surface area contributed by atoms with E-state index in [0.29, 0.717) is 17.0 Å². The van der Waals surface area contributed by atoms with Gasteiger partial charge >= 0.3 is 24.4 Å². The van der Waals surface area contributed by atoms with Crippen molar-refractivity contribution >= 4 is 21.9 Å². The number of methoxy groups -OCH3 is 1. The molecule has 0 spiro atoms. The van der Waals surface area contributed by atoms with Crippen LogP contribution in [0.2, 0.25) is 0 Å². The Morgan fingerprint density at radius 2 is 1.81 bits per heavy atom. The van der Waals surface area contributed by atoms with Crippen molar-refractivity contribution in [3.63, 3.8) is 0 Å². The van der Waals surface area contributed by atoms with Crippen molar-refractivity contribution in [3.8, 4) is 5.75 Å². The van der Waals surface area contributed by atoms with E-state index < -0.39 is 81.3 Å². The Morgan fingerprint density at radius 3 is 2.29 bits per heavy atom. The lowest BCUT2D eigenvalue weighted by Crippen LogP contribution is -2.40. The van der Waals surface area contributed by atoms with E-state index in [9.17, 15) is 44.3 Å². The third-order valence-corrected chi connectivity index (χ3v) is 6.57. The van der Waals surface area contributed by atoms with E-state index in [1.165, 1.54) is 0 Å². The SMILES string of the molecule is COC(=O)C1CC(S(=O)(=O)c2ccc(OCC(F)(F)F)cc2C(F)(F)F)CN1C(=O)O. The van der Waals surface area contributed by atoms with Crippen molar-refractivity contribution in [3.05, 3.63) is 23.8 Å². The number of alkyl halides is 6. The van der Waals surface area contributed by atoms with E-state index in [4.69, 9.17) is 5.11 Å². The fraction of sp³-hybridized carbons (Fsp3) is 0.500. The van der Waals surface area contributed by atoms with Gasteiger partial charge in [-0.05, 0) is 24.6 Å². The van der Waals surface area contributed by atoms with E-state index in [-0.39, 0.29) is 6.07 Å². The van der Waals surface area contributed by atoms with Crippen LogP contribution in [0.5, 0.6) is 5.75 Å². The van der Waals surface area contributed by atoms with E-state index in [1.54, 1.807) is 0 Å². The Kier molecular flexibility index (Phi) is 6.68. The summed E-state index contributed by atoms with van der Waals surface area (Å²) < 4.78 is 112. The molecule has 1 N–H and O–H groups in total. The first-order valence-electron chi connectivity index (χ1n) is 8.30. The molecule has 0 bridgehead atoms. The van der Waals surface area contributed by atoms with Gasteiger partial charge in [0.15, 0.2) is 16.4 Å². The second kappa shape index (κ2) is 8.43. The van der Waals surface area contributed by atoms with Gasteiger partial charge in [0.05, 0.1) is 22.8 Å². The molecule has 1 aliphatic rings. The first-order valence-corrected chi connectivity index (χ1v) is 9.84. The maximum Gasteiger partial charge on any atom is 0.422 e. The summed E-state index contributed by atoms with van der Waals surface area (Å²) in [6.45, 7) is -2.70. The molecule has 1 saturated heterocycles. The molecule has 1 fully saturated rings. The number of benzene rings is 1. The van der Waals surface area contributed by atoms with E-state index in [0.717, 1.165) is 7.11 Å². The van der Waals surface area contributed by atoms with Gasteiger partial charge in [-0.1, -0.05) is 0 Å². The molecule has 1 aliphatic heterocycles. The number of likely N-dealkylation sites (tertiary alicyclic amines) is 1. The van der Waals surface area contributed by atoms with Crippen LogP contribution in [0.1, 0.15) is 12.0 Å². The number of esters is 1. The summed E-state index contributed by atoms with van der Waals surface area (Å²) in [5.41, 5.74) is -1.78. The van der Waals surface area contributed by atoms with Gasteiger partial charge < -0.3 is 14.6 Å². The minimum atomic E-state index is -5.28. The molecule has 1 aromatic rings. The third-order valence-electron chi connectivity index (χ3n) is 4.39. The number of hydrogen-bond donors (Lipinski definition) is 1. The second-order valence-electron chi connectivity index (χ2n) is 6.44. The smallest absolute Gasteiger partial charge is 0.422 e. The third kappa shape index (κ3) is 5.51. The fourth-order valence-electron chi connectivity index (χ4n) is 3.01. The van der Waals surface area contributed by atoms with Gasteiger partial charge in [0.2, 0.25) is 0 Å². The van der Waals surface area contributed by atoms with E-state index in [2.05, 4.69) is 9.47 Å². The normalized spacial score (nSPS) is 19.9. The number of carbonyl (C=O) groups excluding carboxylic acids is 1. The number of halogens is 6. The maximum atomic E-state index is 13.5. The van der Waals surface area contributed by atoms with Gasteiger partial charge in [-0.2, -0.15) is 26.3 Å². The number of ether oxygens (including phenoxy) is 2. The fourth-order valence-corrected chi connectivity index (χ4v) is 4.90. The molecule has 1 aromatic carbocycles. The van der Waals surface area contributed by atoms with Crippen molar-refractivity contribution in [2.75, 3.05) is 20.3 Å². The predicted molar refractivity (Wildman–Crippen MR) is 89.1 cm³/mol. The summed E-state index contributed by atoms with van der Waals surface area (Å²) in [6, 6.07) is -0.387. The topological polar surface area (TPSA) is 110 Å². The van der Waals surface area contributed by atoms with Crippen LogP contribution in [0, 0.1) is 0 Å². The molecular formula is C16H15F6NO7S. The van der Waals surface area contributed by atoms with Gasteiger partial charge in [0, 0.05) is 6.54 Å². The minimum Gasteiger partial charge on any atom is -0.484 e. The zero-order valence-corrected chi connectivity index (χ0v) is 16.3. The van der Waals surface area contributed by atoms with Gasteiger partial charge in [-0.15, -0.1) is 0 Å². The van der Waals surface area contributed by atoms with Crippen LogP contribution in [0.25, 0.3) is 0 Å². The zero-order valence-electron chi connectivity index (χ0n) is 15.5. The predicted octanol–water partition coefficient (Wildman–Crippen LogP) is 2.71. The van der Waals surface area contributed by atoms with Crippen molar-refractivity contribution in [2.24, 2.45) is 0 Å². The monoisotopic (exact) mass is 479 g/mol. The molecule has 0 saturated carbocycles. The van der Waals surface area contributed by atoms with Crippen LogP contribution in [0.3, 0.4) is 0 Å². The van der Waals surface area contributed by atoms with E-state index >= 15 is 0 Å². The van der Waals surface area contributed by atoms with Crippen molar-refractivity contribution in [1.82, 2.24) is 4.90 Å². The van der Waals surface area contributed by atoms with Crippen LogP contribution in [-0.2, 0) is 25.5 Å². The Balaban J connectivity index is 2.46. The van der Waals surface area contributed by atoms with Crippen LogP contribution in [0.4, 0.5) is 31.1 Å². The van der Waals surface area contributed by atoms with Crippen LogP contribution in [0.15, 0.2) is 23.1 Å². The van der Waals surface area contributed by atoms with Crippen LogP contribution >= 0.6 is 0 Å². The summed E-state index contributed by atoms with van der Waals surface area (Å²) in [6.07, 6.45) is -12.5. The highest BCUT2D eigenvalue weighted by molar-refractivity contribution is 7.92. The molecule has 8 nitrogen and oxygen atoms in total. The molecule has 2 atom stereocenters. The molecule has 15 heteroatoms. The Labute approximate surface area is 171 Å². The Bertz CT molecular complexity index is 960. The van der Waals surface area contributed by atoms with Crippen LogP contribution in [-0.4, -0.2) is 68.2 Å².